The first-order valence-corrected chi connectivity index (χ1v) is 13.2. The number of nitrogens with one attached hydrogen (secondary N) is 1. The number of anilines is 2. The SMILES string of the molecule is Nc1nccc(-c2sc(C3CCCCC3)nc2-c2cccc(NS(=O)(=O)c3ccoc3)c2F)n1. The van der Waals surface area contributed by atoms with Crippen molar-refractivity contribution in [1.29, 1.82) is 0 Å². The van der Waals surface area contributed by atoms with Gasteiger partial charge in [0.2, 0.25) is 5.95 Å². The molecule has 0 radical (unpaired) electrons. The number of hydrogen-bond donors (Lipinski definition) is 2. The molecular formula is C23H22FN5O3S2. The second-order valence-electron chi connectivity index (χ2n) is 8.10. The van der Waals surface area contributed by atoms with E-state index >= 15 is 4.39 Å². The van der Waals surface area contributed by atoms with Crippen LogP contribution in [0.5, 0.6) is 0 Å². The van der Waals surface area contributed by atoms with Crippen molar-refractivity contribution in [3.05, 3.63) is 59.9 Å². The first-order chi connectivity index (χ1) is 16.4. The van der Waals surface area contributed by atoms with Gasteiger partial charge in [-0.25, -0.2) is 27.8 Å². The molecule has 0 spiro atoms. The van der Waals surface area contributed by atoms with Gasteiger partial charge in [-0.15, -0.1) is 11.3 Å². The summed E-state index contributed by atoms with van der Waals surface area (Å²) in [6, 6.07) is 7.54. The fraction of sp³-hybridized carbons (Fsp3) is 0.261. The van der Waals surface area contributed by atoms with Crippen molar-refractivity contribution >= 4 is 33.0 Å². The summed E-state index contributed by atoms with van der Waals surface area (Å²) in [4.78, 5) is 13.7. The molecule has 1 aliphatic carbocycles. The third kappa shape index (κ3) is 4.40. The maximum Gasteiger partial charge on any atom is 0.265 e. The lowest BCUT2D eigenvalue weighted by Gasteiger charge is -2.18. The first kappa shape index (κ1) is 22.5. The van der Waals surface area contributed by atoms with E-state index in [1.807, 2.05) is 0 Å². The molecule has 3 heterocycles. The Kier molecular flexibility index (Phi) is 6.05. The van der Waals surface area contributed by atoms with Crippen LogP contribution in [0.15, 0.2) is 58.4 Å². The summed E-state index contributed by atoms with van der Waals surface area (Å²) >= 11 is 1.47. The number of aromatic nitrogens is 3. The van der Waals surface area contributed by atoms with Crippen LogP contribution in [0.1, 0.15) is 43.0 Å². The van der Waals surface area contributed by atoms with Gasteiger partial charge in [0.1, 0.15) is 11.2 Å². The number of thiazole rings is 1. The van der Waals surface area contributed by atoms with Crippen molar-refractivity contribution in [2.75, 3.05) is 10.5 Å². The molecule has 0 amide bonds. The molecule has 0 bridgehead atoms. The van der Waals surface area contributed by atoms with Gasteiger partial charge in [0.15, 0.2) is 5.82 Å². The van der Waals surface area contributed by atoms with Crippen molar-refractivity contribution < 1.29 is 17.2 Å². The zero-order valence-electron chi connectivity index (χ0n) is 18.1. The Morgan fingerprint density at radius 2 is 1.94 bits per heavy atom. The lowest BCUT2D eigenvalue weighted by Crippen LogP contribution is -2.13. The Labute approximate surface area is 200 Å². The minimum absolute atomic E-state index is 0.0947. The number of furan rings is 1. The van der Waals surface area contributed by atoms with Crippen LogP contribution in [0.2, 0.25) is 0 Å². The van der Waals surface area contributed by atoms with Crippen molar-refractivity contribution in [2.24, 2.45) is 0 Å². The maximum absolute atomic E-state index is 15.7. The summed E-state index contributed by atoms with van der Waals surface area (Å²) in [6.07, 6.45) is 9.41. The second-order valence-corrected chi connectivity index (χ2v) is 10.8. The van der Waals surface area contributed by atoms with Gasteiger partial charge in [0, 0.05) is 17.7 Å². The lowest BCUT2D eigenvalue weighted by molar-refractivity contribution is 0.442. The number of sulfonamides is 1. The van der Waals surface area contributed by atoms with Gasteiger partial charge in [0.05, 0.1) is 33.2 Å². The van der Waals surface area contributed by atoms with Gasteiger partial charge in [-0.05, 0) is 37.1 Å². The van der Waals surface area contributed by atoms with E-state index in [2.05, 4.69) is 14.7 Å². The maximum atomic E-state index is 15.7. The monoisotopic (exact) mass is 499 g/mol. The highest BCUT2D eigenvalue weighted by atomic mass is 32.2. The topological polar surface area (TPSA) is 124 Å². The number of halogens is 1. The molecule has 5 rings (SSSR count). The van der Waals surface area contributed by atoms with Crippen LogP contribution < -0.4 is 10.5 Å². The average molecular weight is 500 g/mol. The Balaban J connectivity index is 1.60. The van der Waals surface area contributed by atoms with Crippen molar-refractivity contribution in [3.63, 3.8) is 0 Å². The highest BCUT2D eigenvalue weighted by Gasteiger charge is 2.26. The van der Waals surface area contributed by atoms with Crippen molar-refractivity contribution in [2.45, 2.75) is 42.9 Å². The smallest absolute Gasteiger partial charge is 0.265 e. The van der Waals surface area contributed by atoms with E-state index in [4.69, 9.17) is 15.1 Å². The summed E-state index contributed by atoms with van der Waals surface area (Å²) in [6.45, 7) is 0. The molecule has 0 aliphatic heterocycles. The Hall–Kier alpha value is -3.31. The normalized spacial score (nSPS) is 14.9. The quantitative estimate of drug-likeness (QED) is 0.362. The molecule has 8 nitrogen and oxygen atoms in total. The highest BCUT2D eigenvalue weighted by molar-refractivity contribution is 7.92. The molecular weight excluding hydrogens is 477 g/mol. The van der Waals surface area contributed by atoms with Crippen LogP contribution >= 0.6 is 11.3 Å². The molecule has 1 fully saturated rings. The zero-order chi connectivity index (χ0) is 23.7. The van der Waals surface area contributed by atoms with Gasteiger partial charge in [-0.3, -0.25) is 4.72 Å². The number of hydrogen-bond acceptors (Lipinski definition) is 8. The average Bonchev–Trinajstić information content (AvgIpc) is 3.52. The van der Waals surface area contributed by atoms with Crippen molar-refractivity contribution in [3.8, 4) is 21.8 Å². The van der Waals surface area contributed by atoms with E-state index in [0.29, 0.717) is 22.2 Å². The fourth-order valence-electron chi connectivity index (χ4n) is 4.12. The van der Waals surface area contributed by atoms with E-state index < -0.39 is 15.8 Å². The van der Waals surface area contributed by atoms with Crippen LogP contribution in [0, 0.1) is 5.82 Å². The molecule has 34 heavy (non-hydrogen) atoms. The minimum Gasteiger partial charge on any atom is -0.471 e. The van der Waals surface area contributed by atoms with Crippen LogP contribution in [0.3, 0.4) is 0 Å². The zero-order valence-corrected chi connectivity index (χ0v) is 19.7. The molecule has 3 aromatic heterocycles. The molecule has 1 aromatic carbocycles. The molecule has 0 saturated heterocycles. The van der Waals surface area contributed by atoms with Crippen LogP contribution in [0.25, 0.3) is 21.8 Å². The van der Waals surface area contributed by atoms with Gasteiger partial charge in [-0.1, -0.05) is 25.3 Å². The first-order valence-electron chi connectivity index (χ1n) is 10.9. The minimum atomic E-state index is -4.01. The molecule has 4 aromatic rings. The number of nitrogens with two attached hydrogens (primary N) is 1. The van der Waals surface area contributed by atoms with E-state index in [-0.39, 0.29) is 22.1 Å². The fourth-order valence-corrected chi connectivity index (χ4v) is 6.32. The van der Waals surface area contributed by atoms with Crippen LogP contribution in [0.4, 0.5) is 16.0 Å². The molecule has 0 unspecified atom stereocenters. The highest BCUT2D eigenvalue weighted by Crippen LogP contribution is 2.43. The van der Waals surface area contributed by atoms with Crippen molar-refractivity contribution in [1.82, 2.24) is 15.0 Å². The Bertz CT molecular complexity index is 1410. The Morgan fingerprint density at radius 1 is 1.12 bits per heavy atom. The summed E-state index contributed by atoms with van der Waals surface area (Å²) in [5.74, 6) is -0.312. The predicted molar refractivity (Wildman–Crippen MR) is 128 cm³/mol. The Morgan fingerprint density at radius 3 is 2.68 bits per heavy atom. The van der Waals surface area contributed by atoms with Gasteiger partial charge in [-0.2, -0.15) is 0 Å². The van der Waals surface area contributed by atoms with Gasteiger partial charge in [0.25, 0.3) is 10.0 Å². The summed E-state index contributed by atoms with van der Waals surface area (Å²) < 4.78 is 48.1. The molecule has 1 saturated carbocycles. The predicted octanol–water partition coefficient (Wildman–Crippen LogP) is 5.43. The molecule has 3 N–H and O–H groups in total. The third-order valence-electron chi connectivity index (χ3n) is 5.81. The van der Waals surface area contributed by atoms with Gasteiger partial charge >= 0.3 is 0 Å². The number of nitrogen functional groups attached to an aromatic ring is 1. The molecule has 176 valence electrons. The van der Waals surface area contributed by atoms with E-state index in [9.17, 15) is 8.42 Å². The number of nitrogens with zero attached hydrogens (tertiary/aromatic N) is 3. The molecule has 11 heteroatoms. The van der Waals surface area contributed by atoms with Crippen LogP contribution in [-0.4, -0.2) is 23.4 Å². The summed E-state index contributed by atoms with van der Waals surface area (Å²) in [5, 5.41) is 0.922. The summed E-state index contributed by atoms with van der Waals surface area (Å²) in [5.41, 5.74) is 6.76. The largest absolute Gasteiger partial charge is 0.471 e. The van der Waals surface area contributed by atoms with E-state index in [1.165, 1.54) is 36.2 Å². The lowest BCUT2D eigenvalue weighted by atomic mass is 9.90. The second kappa shape index (κ2) is 9.15. The molecule has 0 atom stereocenters. The van der Waals surface area contributed by atoms with Crippen LogP contribution in [-0.2, 0) is 10.0 Å². The standard InChI is InChI=1S/C23H22FN5O3S2/c24-19-16(7-4-8-17(19)29-34(30,31)15-10-12-32-13-15)20-21(18-9-11-26-23(25)27-18)33-22(28-20)14-5-2-1-3-6-14/h4,7-14,29H,1-3,5-6H2,(H2,25,26,27). The number of benzene rings is 1. The van der Waals surface area contributed by atoms with Gasteiger partial charge < -0.3 is 10.2 Å². The summed E-state index contributed by atoms with van der Waals surface area (Å²) in [7, 11) is -4.01. The third-order valence-corrected chi connectivity index (χ3v) is 8.39. The van der Waals surface area contributed by atoms with E-state index in [0.717, 1.165) is 37.0 Å². The number of rotatable bonds is 6. The van der Waals surface area contributed by atoms with E-state index in [1.54, 1.807) is 24.4 Å². The molecule has 1 aliphatic rings.